The Hall–Kier alpha value is -0.440. The van der Waals surface area contributed by atoms with Gasteiger partial charge >= 0.3 is 6.03 Å². The van der Waals surface area contributed by atoms with E-state index in [-0.39, 0.29) is 12.0 Å². The lowest BCUT2D eigenvalue weighted by molar-refractivity contribution is 0.178. The molecular formula is C8H17ClN2O. The van der Waals surface area contributed by atoms with Gasteiger partial charge in [-0.15, -0.1) is 11.6 Å². The highest BCUT2D eigenvalue weighted by atomic mass is 35.5. The Kier molecular flexibility index (Phi) is 5.89. The lowest BCUT2D eigenvalue weighted by atomic mass is 10.3. The Balaban J connectivity index is 3.88. The van der Waals surface area contributed by atoms with E-state index in [1.54, 1.807) is 19.0 Å². The number of amides is 2. The van der Waals surface area contributed by atoms with Crippen LogP contribution in [0.4, 0.5) is 4.79 Å². The molecule has 0 unspecified atom stereocenters. The lowest BCUT2D eigenvalue weighted by Crippen LogP contribution is -2.38. The number of nitrogens with zero attached hydrogens (tertiary/aromatic N) is 2. The van der Waals surface area contributed by atoms with Crippen LogP contribution in [0.1, 0.15) is 19.8 Å². The third-order valence-electron chi connectivity index (χ3n) is 1.58. The van der Waals surface area contributed by atoms with Crippen LogP contribution in [0.2, 0.25) is 0 Å². The highest BCUT2D eigenvalue weighted by molar-refractivity contribution is 6.18. The predicted molar refractivity (Wildman–Crippen MR) is 51.4 cm³/mol. The van der Waals surface area contributed by atoms with Gasteiger partial charge in [-0.3, -0.25) is 0 Å². The molecule has 0 aromatic heterocycles. The molecule has 0 aromatic carbocycles. The first-order valence-electron chi connectivity index (χ1n) is 4.15. The minimum absolute atomic E-state index is 0.0153. The van der Waals surface area contributed by atoms with E-state index in [1.165, 1.54) is 4.90 Å². The normalized spacial score (nSPS) is 9.67. The molecule has 0 fully saturated rings. The Morgan fingerprint density at radius 2 is 2.00 bits per heavy atom. The third-order valence-corrected chi connectivity index (χ3v) is 1.87. The molecule has 0 heterocycles. The van der Waals surface area contributed by atoms with Crippen LogP contribution in [-0.4, -0.2) is 42.5 Å². The zero-order chi connectivity index (χ0) is 9.56. The van der Waals surface area contributed by atoms with Crippen LogP contribution >= 0.6 is 11.6 Å². The number of carbonyl (C=O) groups excluding carboxylic acids is 1. The molecule has 0 aromatic rings. The van der Waals surface area contributed by atoms with Crippen molar-refractivity contribution >= 4 is 17.6 Å². The first kappa shape index (κ1) is 11.6. The number of rotatable bonds is 4. The fourth-order valence-corrected chi connectivity index (χ4v) is 1.06. The monoisotopic (exact) mass is 192 g/mol. The van der Waals surface area contributed by atoms with Crippen LogP contribution in [-0.2, 0) is 0 Å². The zero-order valence-corrected chi connectivity index (χ0v) is 8.76. The number of halogens is 1. The summed E-state index contributed by atoms with van der Waals surface area (Å²) in [6.07, 6.45) is 2.08. The van der Waals surface area contributed by atoms with Crippen molar-refractivity contribution in [2.45, 2.75) is 19.8 Å². The molecule has 0 radical (unpaired) electrons. The van der Waals surface area contributed by atoms with Gasteiger partial charge < -0.3 is 9.80 Å². The number of unbranched alkanes of at least 4 members (excludes halogenated alkanes) is 1. The Morgan fingerprint density at radius 1 is 1.42 bits per heavy atom. The highest BCUT2D eigenvalue weighted by Crippen LogP contribution is 2.00. The van der Waals surface area contributed by atoms with E-state index < -0.39 is 0 Å². The molecule has 0 rings (SSSR count). The maximum atomic E-state index is 11.3. The predicted octanol–water partition coefficient (Wildman–Crippen LogP) is 1.97. The van der Waals surface area contributed by atoms with Gasteiger partial charge in [0.15, 0.2) is 0 Å². The van der Waals surface area contributed by atoms with Crippen LogP contribution in [0.3, 0.4) is 0 Å². The standard InChI is InChI=1S/C8H17ClN2O/c1-4-5-6-11(7-9)8(12)10(2)3/h4-7H2,1-3H3. The zero-order valence-electron chi connectivity index (χ0n) is 8.01. The second-order valence-electron chi connectivity index (χ2n) is 2.91. The molecule has 0 N–H and O–H groups in total. The van der Waals surface area contributed by atoms with Crippen molar-refractivity contribution in [1.82, 2.24) is 9.80 Å². The van der Waals surface area contributed by atoms with E-state index in [9.17, 15) is 4.79 Å². The summed E-state index contributed by atoms with van der Waals surface area (Å²) in [5.41, 5.74) is 0. The van der Waals surface area contributed by atoms with Crippen molar-refractivity contribution in [2.24, 2.45) is 0 Å². The number of urea groups is 1. The molecule has 0 aliphatic heterocycles. The van der Waals surface area contributed by atoms with Gasteiger partial charge in [0.25, 0.3) is 0 Å². The number of alkyl halides is 1. The second kappa shape index (κ2) is 6.12. The summed E-state index contributed by atoms with van der Waals surface area (Å²) in [5.74, 6) is 0. The maximum absolute atomic E-state index is 11.3. The van der Waals surface area contributed by atoms with Crippen molar-refractivity contribution in [3.8, 4) is 0 Å². The van der Waals surface area contributed by atoms with Gasteiger partial charge in [0.1, 0.15) is 0 Å². The van der Waals surface area contributed by atoms with Crippen LogP contribution in [0.5, 0.6) is 0 Å². The van der Waals surface area contributed by atoms with Crippen molar-refractivity contribution in [1.29, 1.82) is 0 Å². The topological polar surface area (TPSA) is 23.6 Å². The largest absolute Gasteiger partial charge is 0.331 e. The van der Waals surface area contributed by atoms with Gasteiger partial charge in [0.2, 0.25) is 0 Å². The van der Waals surface area contributed by atoms with E-state index in [0.29, 0.717) is 0 Å². The molecule has 0 aliphatic rings. The quantitative estimate of drug-likeness (QED) is 0.494. The number of hydrogen-bond donors (Lipinski definition) is 0. The van der Waals surface area contributed by atoms with Gasteiger partial charge in [0, 0.05) is 20.6 Å². The molecule has 3 nitrogen and oxygen atoms in total. The van der Waals surface area contributed by atoms with Crippen LogP contribution in [0.15, 0.2) is 0 Å². The third kappa shape index (κ3) is 3.81. The molecule has 12 heavy (non-hydrogen) atoms. The van der Waals surface area contributed by atoms with Crippen LogP contribution in [0.25, 0.3) is 0 Å². The first-order valence-corrected chi connectivity index (χ1v) is 4.69. The molecule has 0 saturated heterocycles. The minimum Gasteiger partial charge on any atom is -0.331 e. The summed E-state index contributed by atoms with van der Waals surface area (Å²) in [7, 11) is 3.46. The number of hydrogen-bond acceptors (Lipinski definition) is 1. The smallest absolute Gasteiger partial charge is 0.320 e. The summed E-state index contributed by atoms with van der Waals surface area (Å²) in [6, 6.07) is 0.259. The summed E-state index contributed by atoms with van der Waals surface area (Å²) < 4.78 is 0. The van der Waals surface area contributed by atoms with Gasteiger partial charge in [-0.1, -0.05) is 13.3 Å². The van der Waals surface area contributed by atoms with Gasteiger partial charge in [-0.2, -0.15) is 0 Å². The minimum atomic E-state index is -0.0153. The van der Waals surface area contributed by atoms with Gasteiger partial charge in [-0.05, 0) is 6.42 Å². The van der Waals surface area contributed by atoms with Gasteiger partial charge in [0.05, 0.1) is 6.00 Å². The highest BCUT2D eigenvalue weighted by Gasteiger charge is 2.12. The van der Waals surface area contributed by atoms with E-state index in [1.807, 2.05) is 0 Å². The molecular weight excluding hydrogens is 176 g/mol. The molecule has 2 amide bonds. The summed E-state index contributed by atoms with van der Waals surface area (Å²) in [4.78, 5) is 14.5. The number of carbonyl (C=O) groups is 1. The summed E-state index contributed by atoms with van der Waals surface area (Å²) >= 11 is 5.62. The first-order chi connectivity index (χ1) is 5.63. The molecule has 0 atom stereocenters. The Bertz CT molecular complexity index is 139. The molecule has 4 heteroatoms. The molecule has 0 saturated carbocycles. The summed E-state index contributed by atoms with van der Waals surface area (Å²) in [6.45, 7) is 2.84. The molecule has 0 spiro atoms. The molecule has 72 valence electrons. The van der Waals surface area contributed by atoms with Crippen LogP contribution < -0.4 is 0 Å². The van der Waals surface area contributed by atoms with Crippen molar-refractivity contribution in [3.63, 3.8) is 0 Å². The van der Waals surface area contributed by atoms with E-state index in [4.69, 9.17) is 11.6 Å². The SMILES string of the molecule is CCCCN(CCl)C(=O)N(C)C. The van der Waals surface area contributed by atoms with Crippen LogP contribution in [0, 0.1) is 0 Å². The Morgan fingerprint density at radius 3 is 2.33 bits per heavy atom. The summed E-state index contributed by atoms with van der Waals surface area (Å²) in [5, 5.41) is 0. The van der Waals surface area contributed by atoms with Crippen molar-refractivity contribution in [3.05, 3.63) is 0 Å². The van der Waals surface area contributed by atoms with E-state index in [0.717, 1.165) is 19.4 Å². The average Bonchev–Trinajstić information content (AvgIpc) is 2.05. The molecule has 0 aliphatic carbocycles. The molecule has 0 bridgehead atoms. The fraction of sp³-hybridized carbons (Fsp3) is 0.875. The average molecular weight is 193 g/mol. The second-order valence-corrected chi connectivity index (χ2v) is 3.15. The Labute approximate surface area is 79.3 Å². The van der Waals surface area contributed by atoms with Crippen molar-refractivity contribution in [2.75, 3.05) is 26.6 Å². The lowest BCUT2D eigenvalue weighted by Gasteiger charge is -2.23. The van der Waals surface area contributed by atoms with E-state index >= 15 is 0 Å². The van der Waals surface area contributed by atoms with Gasteiger partial charge in [-0.25, -0.2) is 4.79 Å². The van der Waals surface area contributed by atoms with E-state index in [2.05, 4.69) is 6.92 Å². The van der Waals surface area contributed by atoms with Crippen molar-refractivity contribution < 1.29 is 4.79 Å². The maximum Gasteiger partial charge on any atom is 0.320 e. The fourth-order valence-electron chi connectivity index (χ4n) is 0.838.